The Morgan fingerprint density at radius 3 is 2.45 bits per heavy atom. The molecule has 29 heavy (non-hydrogen) atoms. The van der Waals surface area contributed by atoms with Crippen molar-refractivity contribution in [2.75, 3.05) is 6.54 Å². The van der Waals surface area contributed by atoms with Gasteiger partial charge in [-0.25, -0.2) is 13.9 Å². The van der Waals surface area contributed by atoms with Gasteiger partial charge in [-0.3, -0.25) is 4.79 Å². The molecule has 1 unspecified atom stereocenters. The summed E-state index contributed by atoms with van der Waals surface area (Å²) >= 11 is 0. The lowest BCUT2D eigenvalue weighted by molar-refractivity contribution is 0.0502. The summed E-state index contributed by atoms with van der Waals surface area (Å²) < 4.78 is 19.7. The number of carbonyl (C=O) groups is 2. The van der Waals surface area contributed by atoms with Crippen LogP contribution in [-0.4, -0.2) is 44.7 Å². The van der Waals surface area contributed by atoms with Crippen molar-refractivity contribution in [2.24, 2.45) is 5.92 Å². The molecule has 1 aliphatic carbocycles. The maximum absolute atomic E-state index is 13.1. The van der Waals surface area contributed by atoms with E-state index in [9.17, 15) is 14.0 Å². The molecule has 1 heterocycles. The molecule has 0 spiro atoms. The van der Waals surface area contributed by atoms with Gasteiger partial charge in [0.1, 0.15) is 11.4 Å². The number of aromatic nitrogens is 3. The van der Waals surface area contributed by atoms with Crippen molar-refractivity contribution in [1.82, 2.24) is 25.6 Å². The van der Waals surface area contributed by atoms with Gasteiger partial charge in [-0.15, -0.1) is 5.10 Å². The molecule has 2 amide bonds. The normalized spacial score (nSPS) is 16.0. The lowest BCUT2D eigenvalue weighted by atomic mass is 9.95. The molecule has 1 saturated carbocycles. The van der Waals surface area contributed by atoms with Gasteiger partial charge in [-0.1, -0.05) is 5.21 Å². The number of nitrogens with one attached hydrogen (secondary N) is 2. The molecule has 8 nitrogen and oxygen atoms in total. The van der Waals surface area contributed by atoms with Crippen molar-refractivity contribution in [2.45, 2.75) is 51.7 Å². The zero-order valence-electron chi connectivity index (χ0n) is 17.0. The second kappa shape index (κ2) is 7.81. The summed E-state index contributed by atoms with van der Waals surface area (Å²) in [4.78, 5) is 24.7. The van der Waals surface area contributed by atoms with E-state index in [1.807, 2.05) is 6.92 Å². The average Bonchev–Trinajstić information content (AvgIpc) is 3.37. The fourth-order valence-corrected chi connectivity index (χ4v) is 2.99. The maximum atomic E-state index is 13.1. The summed E-state index contributed by atoms with van der Waals surface area (Å²) in [6, 6.07) is 5.71. The van der Waals surface area contributed by atoms with Gasteiger partial charge in [0.15, 0.2) is 5.69 Å². The van der Waals surface area contributed by atoms with Crippen LogP contribution in [0.25, 0.3) is 5.69 Å². The molecule has 2 N–H and O–H groups in total. The van der Waals surface area contributed by atoms with E-state index < -0.39 is 23.1 Å². The monoisotopic (exact) mass is 403 g/mol. The summed E-state index contributed by atoms with van der Waals surface area (Å²) in [7, 11) is 0. The second-order valence-corrected chi connectivity index (χ2v) is 8.53. The van der Waals surface area contributed by atoms with E-state index in [-0.39, 0.29) is 24.0 Å². The van der Waals surface area contributed by atoms with Crippen LogP contribution in [0.3, 0.4) is 0 Å². The van der Waals surface area contributed by atoms with Crippen molar-refractivity contribution in [3.05, 3.63) is 42.0 Å². The molecule has 1 aliphatic rings. The van der Waals surface area contributed by atoms with Crippen LogP contribution in [0.5, 0.6) is 0 Å². The van der Waals surface area contributed by atoms with E-state index in [0.717, 1.165) is 12.8 Å². The third kappa shape index (κ3) is 5.52. The molecule has 0 radical (unpaired) electrons. The highest BCUT2D eigenvalue weighted by Gasteiger charge is 2.43. The van der Waals surface area contributed by atoms with Crippen molar-refractivity contribution in [3.8, 4) is 5.69 Å². The van der Waals surface area contributed by atoms with E-state index in [0.29, 0.717) is 5.69 Å². The van der Waals surface area contributed by atoms with Gasteiger partial charge >= 0.3 is 6.09 Å². The largest absolute Gasteiger partial charge is 0.444 e. The topological polar surface area (TPSA) is 98.1 Å². The van der Waals surface area contributed by atoms with Crippen LogP contribution in [0.1, 0.15) is 51.0 Å². The summed E-state index contributed by atoms with van der Waals surface area (Å²) in [6.07, 6.45) is 2.89. The first-order valence-electron chi connectivity index (χ1n) is 9.53. The predicted molar refractivity (Wildman–Crippen MR) is 104 cm³/mol. The van der Waals surface area contributed by atoms with E-state index in [1.54, 1.807) is 32.9 Å². The molecule has 9 heteroatoms. The zero-order chi connectivity index (χ0) is 21.2. The highest BCUT2D eigenvalue weighted by molar-refractivity contribution is 5.92. The Hall–Kier alpha value is -2.97. The molecule has 0 bridgehead atoms. The van der Waals surface area contributed by atoms with Crippen LogP contribution in [0, 0.1) is 11.7 Å². The van der Waals surface area contributed by atoms with E-state index >= 15 is 0 Å². The van der Waals surface area contributed by atoms with Crippen LogP contribution in [0.4, 0.5) is 9.18 Å². The summed E-state index contributed by atoms with van der Waals surface area (Å²) in [6.45, 7) is 7.51. The highest BCUT2D eigenvalue weighted by atomic mass is 19.1. The second-order valence-electron chi connectivity index (χ2n) is 8.53. The number of hydrogen-bond donors (Lipinski definition) is 2. The molecule has 1 atom stereocenters. The number of ether oxygens (including phenoxy) is 1. The Morgan fingerprint density at radius 2 is 1.86 bits per heavy atom. The number of rotatable bonds is 6. The van der Waals surface area contributed by atoms with Crippen LogP contribution < -0.4 is 10.6 Å². The van der Waals surface area contributed by atoms with Gasteiger partial charge in [-0.05, 0) is 70.7 Å². The molecule has 156 valence electrons. The fraction of sp³-hybridized carbons (Fsp3) is 0.500. The molecular weight excluding hydrogens is 377 g/mol. The van der Waals surface area contributed by atoms with Gasteiger partial charge in [0.05, 0.1) is 17.4 Å². The number of alkyl carbamates (subject to hydrolysis) is 1. The Kier molecular flexibility index (Phi) is 5.59. The Bertz CT molecular complexity index is 886. The quantitative estimate of drug-likeness (QED) is 0.773. The molecule has 1 aromatic carbocycles. The third-order valence-corrected chi connectivity index (χ3v) is 4.69. The molecule has 2 aromatic rings. The van der Waals surface area contributed by atoms with Crippen LogP contribution in [0.15, 0.2) is 30.5 Å². The first kappa shape index (κ1) is 20.8. The van der Waals surface area contributed by atoms with Gasteiger partial charge < -0.3 is 15.4 Å². The first-order chi connectivity index (χ1) is 13.6. The van der Waals surface area contributed by atoms with E-state index in [2.05, 4.69) is 20.9 Å². The van der Waals surface area contributed by atoms with Gasteiger partial charge in [0, 0.05) is 6.54 Å². The molecule has 0 saturated heterocycles. The van der Waals surface area contributed by atoms with E-state index in [4.69, 9.17) is 4.74 Å². The third-order valence-electron chi connectivity index (χ3n) is 4.69. The first-order valence-corrected chi connectivity index (χ1v) is 9.53. The lowest BCUT2D eigenvalue weighted by Gasteiger charge is -2.31. The Labute approximate surface area is 168 Å². The number of amides is 2. The maximum Gasteiger partial charge on any atom is 0.407 e. The van der Waals surface area contributed by atoms with Crippen LogP contribution in [-0.2, 0) is 4.74 Å². The molecule has 1 fully saturated rings. The van der Waals surface area contributed by atoms with Gasteiger partial charge in [0.25, 0.3) is 5.91 Å². The van der Waals surface area contributed by atoms with Crippen LogP contribution in [0.2, 0.25) is 0 Å². The Balaban J connectivity index is 1.65. The number of nitrogens with zero attached hydrogens (tertiary/aromatic N) is 3. The minimum Gasteiger partial charge on any atom is -0.444 e. The minimum atomic E-state index is -0.631. The number of halogens is 1. The number of hydrogen-bond acceptors (Lipinski definition) is 5. The summed E-state index contributed by atoms with van der Waals surface area (Å²) in [5.41, 5.74) is -0.497. The van der Waals surface area contributed by atoms with E-state index in [1.165, 1.54) is 23.0 Å². The number of benzene rings is 1. The average molecular weight is 403 g/mol. The molecule has 3 rings (SSSR count). The number of carbonyl (C=O) groups excluding carboxylic acids is 2. The summed E-state index contributed by atoms with van der Waals surface area (Å²) in [5, 5.41) is 13.6. The molecule has 1 aromatic heterocycles. The molecular formula is C20H26FN5O3. The standard InChI is InChI=1S/C20H26FN5O3/c1-19(2,3)29-18(28)22-12-20(4,13-5-6-13)23-17(27)16-11-26(25-24-16)15-9-7-14(21)8-10-15/h7-11,13H,5-6,12H2,1-4H3,(H,22,28)(H,23,27). The van der Waals surface area contributed by atoms with Crippen molar-refractivity contribution < 1.29 is 18.7 Å². The fourth-order valence-electron chi connectivity index (χ4n) is 2.99. The molecule has 0 aliphatic heterocycles. The van der Waals surface area contributed by atoms with Gasteiger partial charge in [-0.2, -0.15) is 0 Å². The zero-order valence-corrected chi connectivity index (χ0v) is 17.0. The van der Waals surface area contributed by atoms with Crippen LogP contribution >= 0.6 is 0 Å². The smallest absolute Gasteiger partial charge is 0.407 e. The Morgan fingerprint density at radius 1 is 1.21 bits per heavy atom. The van der Waals surface area contributed by atoms with Crippen molar-refractivity contribution in [3.63, 3.8) is 0 Å². The van der Waals surface area contributed by atoms with Crippen molar-refractivity contribution in [1.29, 1.82) is 0 Å². The summed E-state index contributed by atoms with van der Waals surface area (Å²) in [5.74, 6) is -0.489. The minimum absolute atomic E-state index is 0.137. The lowest BCUT2D eigenvalue weighted by Crippen LogP contribution is -2.55. The van der Waals surface area contributed by atoms with Gasteiger partial charge in [0.2, 0.25) is 0 Å². The van der Waals surface area contributed by atoms with Crippen molar-refractivity contribution >= 4 is 12.0 Å². The highest BCUT2D eigenvalue weighted by Crippen LogP contribution is 2.39. The predicted octanol–water partition coefficient (Wildman–Crippen LogP) is 2.83. The SMILES string of the molecule is CC(C)(C)OC(=O)NCC(C)(NC(=O)c1cn(-c2ccc(F)cc2)nn1)C1CC1.